The first-order valence-electron chi connectivity index (χ1n) is 9.29. The number of nitrogens with zero attached hydrogens (tertiary/aromatic N) is 4. The summed E-state index contributed by atoms with van der Waals surface area (Å²) in [4.78, 5) is 28.8. The van der Waals surface area contributed by atoms with Crippen LogP contribution in [0.2, 0.25) is 0 Å². The number of aryl methyl sites for hydroxylation is 1. The molecule has 1 aromatic carbocycles. The Morgan fingerprint density at radius 2 is 2.10 bits per heavy atom. The van der Waals surface area contributed by atoms with Gasteiger partial charge in [-0.2, -0.15) is 0 Å². The Kier molecular flexibility index (Phi) is 5.44. The maximum absolute atomic E-state index is 14.2. The normalized spacial score (nSPS) is 18.9. The van der Waals surface area contributed by atoms with E-state index in [1.807, 2.05) is 25.1 Å². The maximum Gasteiger partial charge on any atom is 0.404 e. The van der Waals surface area contributed by atoms with Crippen LogP contribution in [0, 0.1) is 6.92 Å². The van der Waals surface area contributed by atoms with Crippen LogP contribution in [0.15, 0.2) is 30.5 Å². The summed E-state index contributed by atoms with van der Waals surface area (Å²) in [7, 11) is 0. The van der Waals surface area contributed by atoms with Crippen LogP contribution < -0.4 is 10.6 Å². The van der Waals surface area contributed by atoms with Gasteiger partial charge in [0.2, 0.25) is 0 Å². The molecule has 9 nitrogen and oxygen atoms in total. The molecule has 1 aliphatic rings. The van der Waals surface area contributed by atoms with Crippen molar-refractivity contribution in [2.24, 2.45) is 0 Å². The second-order valence-corrected chi connectivity index (χ2v) is 8.18. The number of anilines is 1. The summed E-state index contributed by atoms with van der Waals surface area (Å²) in [6, 6.07) is 6.28. The number of carbonyl (C=O) groups excluding carboxylic acids is 1. The average Bonchev–Trinajstić information content (AvgIpc) is 3.15. The minimum absolute atomic E-state index is 0.190. The second-order valence-electron chi connectivity index (χ2n) is 6.99. The number of aromatic nitrogens is 3. The molecule has 0 unspecified atom stereocenters. The Hall–Kier alpha value is -3.34. The monoisotopic (exact) mass is 430 g/mol. The molecule has 3 amide bonds. The minimum atomic E-state index is -1.47. The summed E-state index contributed by atoms with van der Waals surface area (Å²) in [6.07, 6.45) is -0.885. The third-order valence-electron chi connectivity index (χ3n) is 4.87. The third kappa shape index (κ3) is 4.30. The first kappa shape index (κ1) is 20.0. The van der Waals surface area contributed by atoms with Crippen molar-refractivity contribution in [2.45, 2.75) is 25.6 Å². The number of nitrogens with one attached hydrogen (secondary N) is 2. The highest BCUT2D eigenvalue weighted by molar-refractivity contribution is 7.14. The number of fused-ring (bicyclic) bond motifs is 1. The van der Waals surface area contributed by atoms with Gasteiger partial charge in [0, 0.05) is 23.7 Å². The number of halogens is 1. The fourth-order valence-corrected chi connectivity index (χ4v) is 4.04. The van der Waals surface area contributed by atoms with Gasteiger partial charge in [-0.05, 0) is 30.9 Å². The Bertz CT molecular complexity index is 1110. The van der Waals surface area contributed by atoms with E-state index in [0.29, 0.717) is 5.82 Å². The van der Waals surface area contributed by atoms with E-state index in [1.165, 1.54) is 16.2 Å². The lowest BCUT2D eigenvalue weighted by molar-refractivity contribution is 0.117. The van der Waals surface area contributed by atoms with Crippen LogP contribution in [-0.4, -0.2) is 62.6 Å². The van der Waals surface area contributed by atoms with Gasteiger partial charge < -0.3 is 15.3 Å². The molecule has 0 radical (unpaired) electrons. The van der Waals surface area contributed by atoms with E-state index in [4.69, 9.17) is 5.11 Å². The molecule has 3 aromatic rings. The van der Waals surface area contributed by atoms with Crippen molar-refractivity contribution in [3.63, 3.8) is 0 Å². The maximum atomic E-state index is 14.2. The van der Waals surface area contributed by atoms with E-state index >= 15 is 0 Å². The van der Waals surface area contributed by atoms with E-state index in [-0.39, 0.29) is 19.5 Å². The summed E-state index contributed by atoms with van der Waals surface area (Å²) in [5.74, 6) is 0.347. The fourth-order valence-electron chi connectivity index (χ4n) is 3.35. The van der Waals surface area contributed by atoms with Crippen molar-refractivity contribution >= 4 is 40.1 Å². The van der Waals surface area contributed by atoms with E-state index < -0.39 is 24.3 Å². The number of carbonyl (C=O) groups is 2. The average molecular weight is 430 g/mol. The largest absolute Gasteiger partial charge is 0.465 e. The number of pyridine rings is 1. The highest BCUT2D eigenvalue weighted by atomic mass is 32.1. The predicted octanol–water partition coefficient (Wildman–Crippen LogP) is 3.27. The van der Waals surface area contributed by atoms with Crippen molar-refractivity contribution < 1.29 is 19.1 Å². The molecule has 3 heterocycles. The van der Waals surface area contributed by atoms with Gasteiger partial charge in [-0.3, -0.25) is 5.32 Å². The summed E-state index contributed by atoms with van der Waals surface area (Å²) in [6.45, 7) is 1.94. The Morgan fingerprint density at radius 1 is 1.27 bits per heavy atom. The van der Waals surface area contributed by atoms with Crippen LogP contribution in [0.1, 0.15) is 11.4 Å². The minimum Gasteiger partial charge on any atom is -0.465 e. The molecule has 1 fully saturated rings. The molecule has 11 heteroatoms. The molecule has 1 saturated heterocycles. The molecule has 1 aliphatic heterocycles. The highest BCUT2D eigenvalue weighted by Gasteiger charge is 2.32. The van der Waals surface area contributed by atoms with Crippen LogP contribution in [0.3, 0.4) is 0 Å². The summed E-state index contributed by atoms with van der Waals surface area (Å²) < 4.78 is 14.2. The van der Waals surface area contributed by atoms with Crippen molar-refractivity contribution in [2.75, 3.05) is 18.4 Å². The third-order valence-corrected chi connectivity index (χ3v) is 5.75. The number of piperidine rings is 1. The van der Waals surface area contributed by atoms with Gasteiger partial charge in [0.1, 0.15) is 22.0 Å². The Labute approximate surface area is 174 Å². The molecule has 156 valence electrons. The number of likely N-dealkylation sites (tertiary alicyclic amines) is 1. The number of hydrogen-bond donors (Lipinski definition) is 3. The molecular formula is C19H19FN6O3S. The highest BCUT2D eigenvalue weighted by Crippen LogP contribution is 2.27. The van der Waals surface area contributed by atoms with E-state index in [1.54, 1.807) is 12.3 Å². The number of amides is 3. The molecule has 4 rings (SSSR count). The van der Waals surface area contributed by atoms with E-state index in [9.17, 15) is 14.0 Å². The first-order valence-corrected chi connectivity index (χ1v) is 10.1. The predicted molar refractivity (Wildman–Crippen MR) is 110 cm³/mol. The molecule has 0 spiro atoms. The molecule has 3 N–H and O–H groups in total. The molecule has 2 atom stereocenters. The van der Waals surface area contributed by atoms with Crippen molar-refractivity contribution in [1.82, 2.24) is 25.4 Å². The number of benzene rings is 1. The molecule has 30 heavy (non-hydrogen) atoms. The number of urea groups is 1. The van der Waals surface area contributed by atoms with Gasteiger partial charge in [-0.1, -0.05) is 23.5 Å². The van der Waals surface area contributed by atoms with Crippen LogP contribution in [0.4, 0.5) is 19.8 Å². The van der Waals surface area contributed by atoms with Gasteiger partial charge in [-0.25, -0.2) is 19.0 Å². The molecular weight excluding hydrogens is 411 g/mol. The second kappa shape index (κ2) is 8.19. The van der Waals surface area contributed by atoms with Crippen LogP contribution in [0.5, 0.6) is 0 Å². The number of alkyl halides is 1. The van der Waals surface area contributed by atoms with Crippen LogP contribution >= 0.6 is 11.3 Å². The first-order chi connectivity index (χ1) is 14.4. The van der Waals surface area contributed by atoms with Crippen LogP contribution in [-0.2, 0) is 0 Å². The van der Waals surface area contributed by atoms with Crippen molar-refractivity contribution in [3.8, 4) is 10.6 Å². The zero-order valence-electron chi connectivity index (χ0n) is 16.0. The van der Waals surface area contributed by atoms with Gasteiger partial charge in [0.25, 0.3) is 0 Å². The topological polar surface area (TPSA) is 120 Å². The Balaban J connectivity index is 1.47. The number of hydrogen-bond acceptors (Lipinski definition) is 6. The van der Waals surface area contributed by atoms with Gasteiger partial charge in [0.15, 0.2) is 0 Å². The standard InChI is InChI=1S/C19H19FN6O3S/c1-10-24-25-17(30-10)11-2-3-12-8-21-16(7-13(12)6-11)23-18(27)26-5-4-15(14(20)9-26)22-19(28)29/h2-3,6-8,14-15,22H,4-5,9H2,1H3,(H,28,29)(H,21,23,27)/t14-,15-/m0/s1. The lowest BCUT2D eigenvalue weighted by Gasteiger charge is -2.34. The summed E-state index contributed by atoms with van der Waals surface area (Å²) in [5, 5.41) is 25.2. The lowest BCUT2D eigenvalue weighted by atomic mass is 10.0. The van der Waals surface area contributed by atoms with Crippen LogP contribution in [0.25, 0.3) is 21.3 Å². The molecule has 0 aliphatic carbocycles. The number of rotatable bonds is 3. The van der Waals surface area contributed by atoms with Crippen molar-refractivity contribution in [3.05, 3.63) is 35.5 Å². The number of carboxylic acid groups (broad SMARTS) is 1. The van der Waals surface area contributed by atoms with Gasteiger partial charge in [-0.15, -0.1) is 10.2 Å². The SMILES string of the molecule is Cc1nnc(-c2ccc3cnc(NC(=O)N4CC[C@H](NC(=O)O)[C@@H](F)C4)cc3c2)s1. The smallest absolute Gasteiger partial charge is 0.404 e. The quantitative estimate of drug-likeness (QED) is 0.587. The lowest BCUT2D eigenvalue weighted by Crippen LogP contribution is -2.54. The summed E-state index contributed by atoms with van der Waals surface area (Å²) >= 11 is 1.50. The zero-order valence-corrected chi connectivity index (χ0v) is 16.8. The van der Waals surface area contributed by atoms with E-state index in [2.05, 4.69) is 25.8 Å². The van der Waals surface area contributed by atoms with Gasteiger partial charge in [0.05, 0.1) is 12.6 Å². The van der Waals surface area contributed by atoms with E-state index in [0.717, 1.165) is 26.4 Å². The summed E-state index contributed by atoms with van der Waals surface area (Å²) in [5.41, 5.74) is 0.921. The fraction of sp³-hybridized carbons (Fsp3) is 0.316. The molecule has 2 aromatic heterocycles. The van der Waals surface area contributed by atoms with Crippen molar-refractivity contribution in [1.29, 1.82) is 0 Å². The molecule has 0 saturated carbocycles. The molecule has 0 bridgehead atoms. The Morgan fingerprint density at radius 3 is 2.80 bits per heavy atom. The zero-order chi connectivity index (χ0) is 21.3. The van der Waals surface area contributed by atoms with Gasteiger partial charge >= 0.3 is 12.1 Å².